The third-order valence-electron chi connectivity index (χ3n) is 3.69. The molecule has 0 unspecified atom stereocenters. The van der Waals surface area contributed by atoms with E-state index in [1.807, 2.05) is 0 Å². The number of aromatic amines is 1. The number of pyridine rings is 1. The van der Waals surface area contributed by atoms with Gasteiger partial charge in [-0.3, -0.25) is 4.79 Å². The number of halogens is 2. The second-order valence-corrected chi connectivity index (χ2v) is 10.3. The summed E-state index contributed by atoms with van der Waals surface area (Å²) in [4.78, 5) is 15.0. The van der Waals surface area contributed by atoms with Gasteiger partial charge in [0.2, 0.25) is 10.0 Å². The number of nitrogens with one attached hydrogen (secondary N) is 2. The predicted molar refractivity (Wildman–Crippen MR) is 107 cm³/mol. The molecule has 2 aromatic heterocycles. The molecule has 0 atom stereocenters. The van der Waals surface area contributed by atoms with Gasteiger partial charge in [-0.1, -0.05) is 11.6 Å². The van der Waals surface area contributed by atoms with Gasteiger partial charge >= 0.3 is 0 Å². The van der Waals surface area contributed by atoms with Gasteiger partial charge in [-0.15, -0.1) is 11.3 Å². The molecule has 3 rings (SSSR count). The molecule has 0 saturated heterocycles. The fraction of sp³-hybridized carbons (Fsp3) is 0.188. The lowest BCUT2D eigenvalue weighted by Crippen LogP contribution is -2.27. The summed E-state index contributed by atoms with van der Waals surface area (Å²) >= 11 is 10.4. The number of H-pyrrole nitrogens is 1. The maximum absolute atomic E-state index is 12.2. The number of sulfonamides is 1. The fourth-order valence-electron chi connectivity index (χ4n) is 2.43. The predicted octanol–water partition coefficient (Wildman–Crippen LogP) is 3.54. The number of hydrogen-bond acceptors (Lipinski definition) is 5. The average molecular weight is 478 g/mol. The van der Waals surface area contributed by atoms with Crippen LogP contribution < -0.4 is 15.0 Å². The van der Waals surface area contributed by atoms with Crippen molar-refractivity contribution >= 4 is 59.8 Å². The summed E-state index contributed by atoms with van der Waals surface area (Å²) in [6, 6.07) is 8.26. The Hall–Kier alpha value is -1.39. The van der Waals surface area contributed by atoms with Crippen LogP contribution in [-0.2, 0) is 16.4 Å². The van der Waals surface area contributed by atoms with Gasteiger partial charge in [-0.25, -0.2) is 13.1 Å². The van der Waals surface area contributed by atoms with Gasteiger partial charge in [0, 0.05) is 17.5 Å². The smallest absolute Gasteiger partial charge is 0.251 e. The Morgan fingerprint density at radius 3 is 2.73 bits per heavy atom. The molecule has 2 N–H and O–H groups in total. The molecule has 0 amide bonds. The van der Waals surface area contributed by atoms with Crippen LogP contribution in [0, 0.1) is 0 Å². The van der Waals surface area contributed by atoms with Crippen molar-refractivity contribution in [2.24, 2.45) is 0 Å². The lowest BCUT2D eigenvalue weighted by atomic mass is 10.1. The standard InChI is InChI=1S/C16H14BrClN2O4S2/c1-24-13-7-10-6-9(16(21)20-12(10)8-11(13)18)4-5-19-26(22,23)15-3-2-14(17)25-15/h2-3,6-8,19H,4-5H2,1H3,(H,20,21). The number of ether oxygens (including phenoxy) is 1. The first-order chi connectivity index (χ1) is 12.3. The van der Waals surface area contributed by atoms with Gasteiger partial charge in [0.15, 0.2) is 0 Å². The van der Waals surface area contributed by atoms with Crippen molar-refractivity contribution in [3.05, 3.63) is 55.1 Å². The van der Waals surface area contributed by atoms with Crippen molar-refractivity contribution in [3.8, 4) is 5.75 Å². The molecule has 0 aliphatic carbocycles. The van der Waals surface area contributed by atoms with Gasteiger partial charge < -0.3 is 9.72 Å². The first-order valence-electron chi connectivity index (χ1n) is 7.44. The minimum atomic E-state index is -3.59. The Balaban J connectivity index is 1.79. The van der Waals surface area contributed by atoms with Crippen LogP contribution in [0.2, 0.25) is 5.02 Å². The highest BCUT2D eigenvalue weighted by molar-refractivity contribution is 9.11. The van der Waals surface area contributed by atoms with E-state index in [1.165, 1.54) is 13.2 Å². The zero-order valence-corrected chi connectivity index (χ0v) is 17.5. The van der Waals surface area contributed by atoms with E-state index in [9.17, 15) is 13.2 Å². The molecule has 0 bridgehead atoms. The molecule has 1 aromatic carbocycles. The lowest BCUT2D eigenvalue weighted by molar-refractivity contribution is 0.415. The van der Waals surface area contributed by atoms with E-state index in [4.69, 9.17) is 16.3 Å². The first kappa shape index (κ1) is 19.4. The van der Waals surface area contributed by atoms with Crippen molar-refractivity contribution in [3.63, 3.8) is 0 Å². The van der Waals surface area contributed by atoms with Crippen LogP contribution in [0.5, 0.6) is 5.75 Å². The molecule has 0 aliphatic heterocycles. The summed E-state index contributed by atoms with van der Waals surface area (Å²) in [5.41, 5.74) is 0.780. The summed E-state index contributed by atoms with van der Waals surface area (Å²) in [6.45, 7) is 0.108. The number of benzene rings is 1. The van der Waals surface area contributed by atoms with E-state index in [-0.39, 0.29) is 22.7 Å². The van der Waals surface area contributed by atoms with Crippen LogP contribution in [0.15, 0.2) is 43.1 Å². The summed E-state index contributed by atoms with van der Waals surface area (Å²) in [7, 11) is -2.08. The molecule has 0 saturated carbocycles. The normalized spacial score (nSPS) is 11.8. The van der Waals surface area contributed by atoms with Crippen molar-refractivity contribution < 1.29 is 13.2 Å². The van der Waals surface area contributed by atoms with E-state index < -0.39 is 10.0 Å². The van der Waals surface area contributed by atoms with E-state index in [2.05, 4.69) is 25.6 Å². The molecule has 26 heavy (non-hydrogen) atoms. The van der Waals surface area contributed by atoms with Crippen molar-refractivity contribution in [1.29, 1.82) is 0 Å². The Morgan fingerprint density at radius 2 is 2.08 bits per heavy atom. The van der Waals surface area contributed by atoms with Crippen LogP contribution in [0.25, 0.3) is 10.9 Å². The molecular weight excluding hydrogens is 464 g/mol. The van der Waals surface area contributed by atoms with Gasteiger partial charge in [0.05, 0.1) is 21.4 Å². The van der Waals surface area contributed by atoms with Crippen LogP contribution in [0.3, 0.4) is 0 Å². The molecule has 0 aliphatic rings. The maximum Gasteiger partial charge on any atom is 0.251 e. The topological polar surface area (TPSA) is 88.3 Å². The van der Waals surface area contributed by atoms with Crippen molar-refractivity contribution in [2.75, 3.05) is 13.7 Å². The summed E-state index contributed by atoms with van der Waals surface area (Å²) in [6.07, 6.45) is 0.252. The lowest BCUT2D eigenvalue weighted by Gasteiger charge is -2.08. The molecule has 2 heterocycles. The Morgan fingerprint density at radius 1 is 1.31 bits per heavy atom. The molecule has 6 nitrogen and oxygen atoms in total. The maximum atomic E-state index is 12.2. The zero-order valence-electron chi connectivity index (χ0n) is 13.5. The number of hydrogen-bond donors (Lipinski definition) is 2. The van der Waals surface area contributed by atoms with Gasteiger partial charge in [-0.05, 0) is 52.7 Å². The highest BCUT2D eigenvalue weighted by Gasteiger charge is 2.16. The van der Waals surface area contributed by atoms with Crippen LogP contribution in [0.4, 0.5) is 0 Å². The molecule has 138 valence electrons. The Bertz CT molecular complexity index is 1120. The van der Waals surface area contributed by atoms with Gasteiger partial charge in [0.1, 0.15) is 9.96 Å². The van der Waals surface area contributed by atoms with E-state index in [1.54, 1.807) is 24.3 Å². The molecule has 10 heteroatoms. The number of thiophene rings is 1. The second kappa shape index (κ2) is 7.69. The molecular formula is C16H14BrClN2O4S2. The summed E-state index contributed by atoms with van der Waals surface area (Å²) < 4.78 is 33.1. The number of rotatable bonds is 6. The van der Waals surface area contributed by atoms with Crippen LogP contribution >= 0.6 is 38.9 Å². The number of fused-ring (bicyclic) bond motifs is 1. The minimum absolute atomic E-state index is 0.108. The number of aromatic nitrogens is 1. The molecule has 0 spiro atoms. The largest absolute Gasteiger partial charge is 0.495 e. The SMILES string of the molecule is COc1cc2cc(CCNS(=O)(=O)c3ccc(Br)s3)c(=O)[nH]c2cc1Cl. The third-order valence-corrected chi connectivity index (χ3v) is 7.57. The van der Waals surface area contributed by atoms with E-state index in [0.29, 0.717) is 21.9 Å². The number of methoxy groups -OCH3 is 1. The fourth-order valence-corrected chi connectivity index (χ4v) is 5.76. The summed E-state index contributed by atoms with van der Waals surface area (Å²) in [5, 5.41) is 1.16. The third kappa shape index (κ3) is 4.12. The van der Waals surface area contributed by atoms with E-state index >= 15 is 0 Å². The second-order valence-electron chi connectivity index (χ2n) is 5.40. The monoisotopic (exact) mass is 476 g/mol. The average Bonchev–Trinajstić information content (AvgIpc) is 3.02. The van der Waals surface area contributed by atoms with Crippen LogP contribution in [0.1, 0.15) is 5.56 Å². The van der Waals surface area contributed by atoms with E-state index in [0.717, 1.165) is 20.5 Å². The summed E-state index contributed by atoms with van der Waals surface area (Å²) in [5.74, 6) is 0.501. The first-order valence-corrected chi connectivity index (χ1v) is 10.9. The van der Waals surface area contributed by atoms with Gasteiger partial charge in [-0.2, -0.15) is 0 Å². The van der Waals surface area contributed by atoms with Crippen molar-refractivity contribution in [1.82, 2.24) is 9.71 Å². The van der Waals surface area contributed by atoms with Gasteiger partial charge in [0.25, 0.3) is 5.56 Å². The Kier molecular flexibility index (Phi) is 5.73. The Labute approximate surface area is 167 Å². The highest BCUT2D eigenvalue weighted by atomic mass is 79.9. The molecule has 0 radical (unpaired) electrons. The minimum Gasteiger partial charge on any atom is -0.495 e. The van der Waals surface area contributed by atoms with Crippen molar-refractivity contribution in [2.45, 2.75) is 10.6 Å². The quantitative estimate of drug-likeness (QED) is 0.568. The highest BCUT2D eigenvalue weighted by Crippen LogP contribution is 2.29. The molecule has 3 aromatic rings. The van der Waals surface area contributed by atoms with Crippen LogP contribution in [-0.4, -0.2) is 27.1 Å². The molecule has 0 fully saturated rings. The zero-order chi connectivity index (χ0) is 18.9.